The molecule has 2 fully saturated rings. The molecule has 2 atom stereocenters. The summed E-state index contributed by atoms with van der Waals surface area (Å²) in [5.41, 5.74) is -1.03. The van der Waals surface area contributed by atoms with Gasteiger partial charge in [-0.05, 0) is 31.4 Å². The number of fused-ring (bicyclic) bond motifs is 2. The molecule has 2 aromatic rings. The molecule has 156 valence electrons. The highest BCUT2D eigenvalue weighted by Gasteiger charge is 2.43. The van der Waals surface area contributed by atoms with E-state index in [1.807, 2.05) is 0 Å². The number of carbonyl (C=O) groups excluding carboxylic acids is 1. The minimum absolute atomic E-state index is 0.111. The van der Waals surface area contributed by atoms with Gasteiger partial charge in [0.25, 0.3) is 5.56 Å². The van der Waals surface area contributed by atoms with Crippen LogP contribution in [0.2, 0.25) is 0 Å². The topological polar surface area (TPSA) is 93.9 Å². The van der Waals surface area contributed by atoms with E-state index >= 15 is 0 Å². The first kappa shape index (κ1) is 19.7. The maximum absolute atomic E-state index is 13.0. The van der Waals surface area contributed by atoms with Gasteiger partial charge >= 0.3 is 0 Å². The van der Waals surface area contributed by atoms with E-state index in [9.17, 15) is 14.7 Å². The van der Waals surface area contributed by atoms with Crippen LogP contribution >= 0.6 is 0 Å². The molecule has 2 aliphatic rings. The Bertz CT molecular complexity index is 988. The third kappa shape index (κ3) is 3.46. The van der Waals surface area contributed by atoms with Gasteiger partial charge in [0, 0.05) is 24.4 Å². The van der Waals surface area contributed by atoms with Gasteiger partial charge in [0.1, 0.15) is 6.54 Å². The smallest absolute Gasteiger partial charge is 0.279 e. The molecule has 29 heavy (non-hydrogen) atoms. The zero-order chi connectivity index (χ0) is 20.6. The summed E-state index contributed by atoms with van der Waals surface area (Å²) < 4.78 is 11.8. The van der Waals surface area contributed by atoms with Gasteiger partial charge in [0.05, 0.1) is 31.4 Å². The lowest BCUT2D eigenvalue weighted by atomic mass is 9.71. The van der Waals surface area contributed by atoms with Gasteiger partial charge in [-0.3, -0.25) is 9.59 Å². The maximum atomic E-state index is 13.0. The summed E-state index contributed by atoms with van der Waals surface area (Å²) in [5.74, 6) is 0.741. The van der Waals surface area contributed by atoms with E-state index in [2.05, 4.69) is 5.10 Å². The van der Waals surface area contributed by atoms with E-state index in [1.165, 1.54) is 18.9 Å². The second-order valence-electron chi connectivity index (χ2n) is 8.01. The summed E-state index contributed by atoms with van der Waals surface area (Å²) in [6, 6.07) is 3.46. The highest BCUT2D eigenvalue weighted by atomic mass is 16.5. The van der Waals surface area contributed by atoms with Crippen molar-refractivity contribution in [1.82, 2.24) is 14.7 Å². The third-order valence-corrected chi connectivity index (χ3v) is 6.43. The molecule has 8 heteroatoms. The van der Waals surface area contributed by atoms with Crippen molar-refractivity contribution in [3.8, 4) is 11.5 Å². The molecule has 1 saturated carbocycles. The van der Waals surface area contributed by atoms with Crippen LogP contribution in [-0.4, -0.2) is 58.6 Å². The number of hydrogen-bond acceptors (Lipinski definition) is 6. The lowest BCUT2D eigenvalue weighted by Crippen LogP contribution is -2.55. The van der Waals surface area contributed by atoms with Crippen LogP contribution in [0.1, 0.15) is 32.1 Å². The molecular formula is C21H27N3O5. The van der Waals surface area contributed by atoms with Gasteiger partial charge in [-0.25, -0.2) is 4.68 Å². The Labute approximate surface area is 169 Å². The lowest BCUT2D eigenvalue weighted by Gasteiger charge is -2.47. The minimum atomic E-state index is -0.642. The van der Waals surface area contributed by atoms with Crippen LogP contribution in [0.3, 0.4) is 0 Å². The maximum Gasteiger partial charge on any atom is 0.279 e. The largest absolute Gasteiger partial charge is 0.493 e. The van der Waals surface area contributed by atoms with Crippen LogP contribution in [0.5, 0.6) is 11.5 Å². The molecule has 4 rings (SSSR count). The van der Waals surface area contributed by atoms with Crippen LogP contribution < -0.4 is 15.0 Å². The molecule has 8 nitrogen and oxygen atoms in total. The number of aromatic nitrogens is 2. The number of methoxy groups -OCH3 is 2. The molecule has 0 spiro atoms. The normalized spacial score (nSPS) is 24.2. The number of hydrogen-bond donors (Lipinski definition) is 1. The lowest BCUT2D eigenvalue weighted by molar-refractivity contribution is -0.144. The number of piperidine rings is 1. The van der Waals surface area contributed by atoms with Crippen LogP contribution in [-0.2, 0) is 11.3 Å². The highest BCUT2D eigenvalue weighted by molar-refractivity contribution is 5.89. The van der Waals surface area contributed by atoms with E-state index in [4.69, 9.17) is 9.47 Å². The number of carbonyl (C=O) groups is 1. The number of nitrogens with zero attached hydrogens (tertiary/aromatic N) is 3. The molecule has 1 aromatic carbocycles. The molecular weight excluding hydrogens is 374 g/mol. The van der Waals surface area contributed by atoms with Crippen molar-refractivity contribution in [2.75, 3.05) is 27.3 Å². The molecule has 2 heterocycles. The van der Waals surface area contributed by atoms with E-state index in [0.29, 0.717) is 41.8 Å². The fraction of sp³-hybridized carbons (Fsp3) is 0.571. The number of likely N-dealkylation sites (tertiary alicyclic amines) is 1. The Balaban J connectivity index is 1.59. The molecule has 0 bridgehead atoms. The Morgan fingerprint density at radius 2 is 2.10 bits per heavy atom. The zero-order valence-corrected chi connectivity index (χ0v) is 16.9. The van der Waals surface area contributed by atoms with Crippen molar-refractivity contribution < 1.29 is 19.4 Å². The molecule has 1 aliphatic heterocycles. The predicted octanol–water partition coefficient (Wildman–Crippen LogP) is 1.57. The van der Waals surface area contributed by atoms with Crippen molar-refractivity contribution in [3.63, 3.8) is 0 Å². The third-order valence-electron chi connectivity index (χ3n) is 6.43. The Kier molecular flexibility index (Phi) is 5.21. The predicted molar refractivity (Wildman–Crippen MR) is 107 cm³/mol. The SMILES string of the molecule is COc1ccc2cnn(CC(=O)N3CC[C@]4(O)CCCC[C@@H]4C3)c(=O)c2c1OC. The van der Waals surface area contributed by atoms with Crippen LogP contribution in [0, 0.1) is 5.92 Å². The summed E-state index contributed by atoms with van der Waals surface area (Å²) >= 11 is 0. The van der Waals surface area contributed by atoms with Gasteiger partial charge in [0.15, 0.2) is 11.5 Å². The number of benzene rings is 1. The number of rotatable bonds is 4. The van der Waals surface area contributed by atoms with Crippen molar-refractivity contribution >= 4 is 16.7 Å². The average Bonchev–Trinajstić information content (AvgIpc) is 2.74. The Hall–Kier alpha value is -2.61. The molecule has 1 aromatic heterocycles. The molecule has 1 saturated heterocycles. The van der Waals surface area contributed by atoms with Gasteiger partial charge < -0.3 is 19.5 Å². The van der Waals surface area contributed by atoms with Gasteiger partial charge in [-0.2, -0.15) is 5.10 Å². The van der Waals surface area contributed by atoms with Crippen molar-refractivity contribution in [3.05, 3.63) is 28.7 Å². The monoisotopic (exact) mass is 401 g/mol. The van der Waals surface area contributed by atoms with Crippen molar-refractivity contribution in [2.45, 2.75) is 44.2 Å². The second-order valence-corrected chi connectivity index (χ2v) is 8.01. The Morgan fingerprint density at radius 1 is 1.28 bits per heavy atom. The summed E-state index contributed by atoms with van der Waals surface area (Å²) in [5, 5.41) is 16.0. The number of ether oxygens (including phenoxy) is 2. The summed E-state index contributed by atoms with van der Waals surface area (Å²) in [4.78, 5) is 27.7. The van der Waals surface area contributed by atoms with Crippen LogP contribution in [0.25, 0.3) is 10.8 Å². The molecule has 0 radical (unpaired) electrons. The minimum Gasteiger partial charge on any atom is -0.493 e. The fourth-order valence-electron chi connectivity index (χ4n) is 4.72. The Morgan fingerprint density at radius 3 is 2.86 bits per heavy atom. The summed E-state index contributed by atoms with van der Waals surface area (Å²) in [6.07, 6.45) is 6.03. The highest BCUT2D eigenvalue weighted by Crippen LogP contribution is 2.39. The van der Waals surface area contributed by atoms with E-state index in [0.717, 1.165) is 25.7 Å². The quantitative estimate of drug-likeness (QED) is 0.836. The number of amides is 1. The molecule has 0 unspecified atom stereocenters. The van der Waals surface area contributed by atoms with Crippen LogP contribution in [0.4, 0.5) is 0 Å². The first-order chi connectivity index (χ1) is 14.0. The van der Waals surface area contributed by atoms with Crippen molar-refractivity contribution in [1.29, 1.82) is 0 Å². The van der Waals surface area contributed by atoms with Gasteiger partial charge in [-0.15, -0.1) is 0 Å². The van der Waals surface area contributed by atoms with Gasteiger partial charge in [0.2, 0.25) is 5.91 Å². The molecule has 1 N–H and O–H groups in total. The van der Waals surface area contributed by atoms with Gasteiger partial charge in [-0.1, -0.05) is 12.8 Å². The standard InChI is InChI=1S/C21H27N3O5/c1-28-16-7-6-14-11-22-24(20(26)18(14)19(16)29-2)13-17(25)23-10-9-21(27)8-4-3-5-15(21)12-23/h6-7,11,15,27H,3-5,8-10,12-13H2,1-2H3/t15-,21-/m1/s1. The van der Waals surface area contributed by atoms with E-state index < -0.39 is 11.2 Å². The van der Waals surface area contributed by atoms with E-state index in [-0.39, 0.29) is 18.4 Å². The second kappa shape index (κ2) is 7.67. The van der Waals surface area contributed by atoms with Crippen LogP contribution in [0.15, 0.2) is 23.1 Å². The molecule has 1 amide bonds. The summed E-state index contributed by atoms with van der Waals surface area (Å²) in [6.45, 7) is 0.903. The number of aliphatic hydroxyl groups is 1. The zero-order valence-electron chi connectivity index (χ0n) is 16.9. The summed E-state index contributed by atoms with van der Waals surface area (Å²) in [7, 11) is 2.99. The van der Waals surface area contributed by atoms with E-state index in [1.54, 1.807) is 23.2 Å². The first-order valence-electron chi connectivity index (χ1n) is 10.1. The van der Waals surface area contributed by atoms with Crippen molar-refractivity contribution in [2.24, 2.45) is 5.92 Å². The first-order valence-corrected chi connectivity index (χ1v) is 10.1. The average molecular weight is 401 g/mol. The molecule has 1 aliphatic carbocycles. The fourth-order valence-corrected chi connectivity index (χ4v) is 4.72.